The van der Waals surface area contributed by atoms with Gasteiger partial charge in [-0.2, -0.15) is 13.2 Å². The van der Waals surface area contributed by atoms with Crippen LogP contribution in [0.4, 0.5) is 13.2 Å². The van der Waals surface area contributed by atoms with E-state index in [0.717, 1.165) is 24.0 Å². The first-order chi connectivity index (χ1) is 8.50. The first-order valence-electron chi connectivity index (χ1n) is 5.23. The zero-order chi connectivity index (χ0) is 13.2. The normalized spacial score (nSPS) is 11.3. The van der Waals surface area contributed by atoms with Crippen LogP contribution in [0.5, 0.6) is 0 Å². The minimum atomic E-state index is -4.32. The molecule has 0 atom stereocenters. The Morgan fingerprint density at radius 1 is 0.778 bits per heavy atom. The van der Waals surface area contributed by atoms with Crippen molar-refractivity contribution in [2.75, 3.05) is 0 Å². The Labute approximate surface area is 102 Å². The fourth-order valence-electron chi connectivity index (χ4n) is 1.61. The van der Waals surface area contributed by atoms with Crippen LogP contribution in [0.25, 0.3) is 11.1 Å². The summed E-state index contributed by atoms with van der Waals surface area (Å²) < 4.78 is 37.1. The average Bonchev–Trinajstić information content (AvgIpc) is 2.38. The van der Waals surface area contributed by atoms with Gasteiger partial charge >= 0.3 is 6.18 Å². The Balaban J connectivity index is 2.31. The topological polar surface area (TPSA) is 17.1 Å². The van der Waals surface area contributed by atoms with Crippen molar-refractivity contribution >= 4 is 6.29 Å². The van der Waals surface area contributed by atoms with Crippen LogP contribution >= 0.6 is 0 Å². The molecular formula is C14H9F3O. The molecule has 0 radical (unpaired) electrons. The molecule has 2 aromatic carbocycles. The zero-order valence-electron chi connectivity index (χ0n) is 9.24. The summed E-state index contributed by atoms with van der Waals surface area (Å²) in [4.78, 5) is 10.5. The van der Waals surface area contributed by atoms with Gasteiger partial charge in [0.2, 0.25) is 0 Å². The molecule has 18 heavy (non-hydrogen) atoms. The number of benzene rings is 2. The summed E-state index contributed by atoms with van der Waals surface area (Å²) in [6, 6.07) is 11.6. The van der Waals surface area contributed by atoms with E-state index in [4.69, 9.17) is 0 Å². The summed E-state index contributed by atoms with van der Waals surface area (Å²) >= 11 is 0. The second-order valence-corrected chi connectivity index (χ2v) is 3.81. The van der Waals surface area contributed by atoms with Crippen LogP contribution in [0.1, 0.15) is 15.9 Å². The van der Waals surface area contributed by atoms with E-state index in [1.54, 1.807) is 24.3 Å². The highest BCUT2D eigenvalue weighted by molar-refractivity contribution is 5.76. The number of hydrogen-bond donors (Lipinski definition) is 0. The fourth-order valence-corrected chi connectivity index (χ4v) is 1.61. The van der Waals surface area contributed by atoms with Crippen LogP contribution in [-0.2, 0) is 6.18 Å². The lowest BCUT2D eigenvalue weighted by Gasteiger charge is -2.07. The Morgan fingerprint density at radius 3 is 1.61 bits per heavy atom. The predicted octanol–water partition coefficient (Wildman–Crippen LogP) is 4.18. The van der Waals surface area contributed by atoms with E-state index in [0.29, 0.717) is 11.1 Å². The molecule has 0 N–H and O–H groups in total. The maximum Gasteiger partial charge on any atom is 0.416 e. The minimum Gasteiger partial charge on any atom is -0.298 e. The van der Waals surface area contributed by atoms with E-state index in [2.05, 4.69) is 0 Å². The van der Waals surface area contributed by atoms with Crippen molar-refractivity contribution in [2.45, 2.75) is 6.18 Å². The van der Waals surface area contributed by atoms with Crippen LogP contribution < -0.4 is 0 Å². The quantitative estimate of drug-likeness (QED) is 0.729. The van der Waals surface area contributed by atoms with E-state index in [9.17, 15) is 18.0 Å². The average molecular weight is 249 g/mol. The number of carbonyl (C=O) groups excluding carboxylic acids is 1. The lowest BCUT2D eigenvalue weighted by molar-refractivity contribution is -0.137. The van der Waals surface area contributed by atoms with Gasteiger partial charge in [-0.15, -0.1) is 0 Å². The maximum absolute atomic E-state index is 12.4. The molecule has 4 heteroatoms. The van der Waals surface area contributed by atoms with Gasteiger partial charge < -0.3 is 0 Å². The van der Waals surface area contributed by atoms with Gasteiger partial charge in [0.15, 0.2) is 0 Å². The van der Waals surface area contributed by atoms with Gasteiger partial charge in [-0.1, -0.05) is 36.4 Å². The van der Waals surface area contributed by atoms with Gasteiger partial charge in [0, 0.05) is 5.56 Å². The molecule has 0 aliphatic rings. The Hall–Kier alpha value is -2.10. The molecule has 1 nitrogen and oxygen atoms in total. The van der Waals surface area contributed by atoms with Gasteiger partial charge in [-0.3, -0.25) is 4.79 Å². The van der Waals surface area contributed by atoms with Crippen LogP contribution in [0.3, 0.4) is 0 Å². The molecule has 0 aliphatic heterocycles. The van der Waals surface area contributed by atoms with Crippen molar-refractivity contribution in [3.63, 3.8) is 0 Å². The largest absolute Gasteiger partial charge is 0.416 e. The summed E-state index contributed by atoms with van der Waals surface area (Å²) in [7, 11) is 0. The van der Waals surface area contributed by atoms with Crippen molar-refractivity contribution in [2.24, 2.45) is 0 Å². The van der Waals surface area contributed by atoms with Gasteiger partial charge in [-0.25, -0.2) is 0 Å². The fraction of sp³-hybridized carbons (Fsp3) is 0.0714. The summed E-state index contributed by atoms with van der Waals surface area (Å²) in [5.41, 5.74) is 1.32. The number of halogens is 3. The molecule has 0 aliphatic carbocycles. The summed E-state index contributed by atoms with van der Waals surface area (Å²) in [5.74, 6) is 0. The van der Waals surface area contributed by atoms with Crippen molar-refractivity contribution in [1.29, 1.82) is 0 Å². The SMILES string of the molecule is O=Cc1ccc(-c2ccc(C(F)(F)[18F])cc2)cc1. The van der Waals surface area contributed by atoms with Crippen molar-refractivity contribution in [3.05, 3.63) is 59.7 Å². The Morgan fingerprint density at radius 2 is 1.22 bits per heavy atom. The summed E-state index contributed by atoms with van der Waals surface area (Å²) in [6.45, 7) is 0. The third kappa shape index (κ3) is 2.59. The molecule has 92 valence electrons. The molecule has 0 heterocycles. The molecular weight excluding hydrogens is 240 g/mol. The molecule has 0 fully saturated rings. The molecule has 0 unspecified atom stereocenters. The monoisotopic (exact) mass is 249 g/mol. The smallest absolute Gasteiger partial charge is 0.298 e. The standard InChI is InChI=1S/C14H9F3O/c15-14(16,17)13-7-5-12(6-8-13)11-3-1-10(9-18)2-4-11/h1-9H/i15-1. The number of carbonyl (C=O) groups is 1. The third-order valence-corrected chi connectivity index (χ3v) is 2.59. The molecule has 0 saturated carbocycles. The Kier molecular flexibility index (Phi) is 3.19. The van der Waals surface area contributed by atoms with Crippen LogP contribution in [-0.4, -0.2) is 6.29 Å². The second-order valence-electron chi connectivity index (χ2n) is 3.81. The predicted molar refractivity (Wildman–Crippen MR) is 62.3 cm³/mol. The first-order valence-corrected chi connectivity index (χ1v) is 5.23. The number of aldehydes is 1. The van der Waals surface area contributed by atoms with Crippen LogP contribution in [0.15, 0.2) is 48.5 Å². The minimum absolute atomic E-state index is 0.533. The number of alkyl halides is 3. The third-order valence-electron chi connectivity index (χ3n) is 2.59. The molecule has 0 amide bonds. The zero-order valence-corrected chi connectivity index (χ0v) is 9.24. The van der Waals surface area contributed by atoms with Gasteiger partial charge in [0.25, 0.3) is 0 Å². The first kappa shape index (κ1) is 12.4. The van der Waals surface area contributed by atoms with E-state index in [1.165, 1.54) is 12.1 Å². The lowest BCUT2D eigenvalue weighted by Crippen LogP contribution is -2.03. The molecule has 0 spiro atoms. The molecule has 2 rings (SSSR count). The highest BCUT2D eigenvalue weighted by Gasteiger charge is 2.29. The van der Waals surface area contributed by atoms with Crippen LogP contribution in [0.2, 0.25) is 0 Å². The molecule has 0 aromatic heterocycles. The molecule has 2 aromatic rings. The van der Waals surface area contributed by atoms with Gasteiger partial charge in [-0.05, 0) is 23.3 Å². The van der Waals surface area contributed by atoms with E-state index in [1.807, 2.05) is 0 Å². The summed E-state index contributed by atoms with van der Waals surface area (Å²) in [6.07, 6.45) is -3.60. The maximum atomic E-state index is 12.4. The van der Waals surface area contributed by atoms with Crippen molar-refractivity contribution < 1.29 is 18.0 Å². The Bertz CT molecular complexity index is 539. The molecule has 0 bridgehead atoms. The number of hydrogen-bond acceptors (Lipinski definition) is 1. The van der Waals surface area contributed by atoms with E-state index < -0.39 is 11.7 Å². The molecule has 0 saturated heterocycles. The highest BCUT2D eigenvalue weighted by Crippen LogP contribution is 2.30. The number of rotatable bonds is 2. The lowest BCUT2D eigenvalue weighted by atomic mass is 10.0. The highest BCUT2D eigenvalue weighted by atomic mass is 19.3. The van der Waals surface area contributed by atoms with Crippen molar-refractivity contribution in [3.8, 4) is 11.1 Å². The van der Waals surface area contributed by atoms with E-state index >= 15 is 0 Å². The second kappa shape index (κ2) is 4.64. The van der Waals surface area contributed by atoms with Crippen LogP contribution in [0, 0.1) is 0 Å². The van der Waals surface area contributed by atoms with E-state index in [-0.39, 0.29) is 0 Å². The van der Waals surface area contributed by atoms with Crippen molar-refractivity contribution in [1.82, 2.24) is 0 Å². The summed E-state index contributed by atoms with van der Waals surface area (Å²) in [5, 5.41) is 0. The van der Waals surface area contributed by atoms with Gasteiger partial charge in [0.1, 0.15) is 6.29 Å². The van der Waals surface area contributed by atoms with Gasteiger partial charge in [0.05, 0.1) is 5.56 Å².